The van der Waals surface area contributed by atoms with E-state index in [9.17, 15) is 39.0 Å². The number of amides is 1. The average molecular weight is 798 g/mol. The number of aliphatic hydroxyl groups is 3. The number of fused-ring (bicyclic) bond motifs is 6. The highest BCUT2D eigenvalue weighted by atomic mass is 16.6. The van der Waals surface area contributed by atoms with Crippen LogP contribution < -0.4 is 5.32 Å². The van der Waals surface area contributed by atoms with E-state index < -0.39 is 87.3 Å². The summed E-state index contributed by atoms with van der Waals surface area (Å²) >= 11 is 0. The highest BCUT2D eigenvalue weighted by Gasteiger charge is 2.70. The Morgan fingerprint density at radius 1 is 0.754 bits per heavy atom. The van der Waals surface area contributed by atoms with Crippen LogP contribution in [0.15, 0.2) is 23.3 Å². The molecule has 4 N–H and O–H groups in total. The van der Waals surface area contributed by atoms with Crippen molar-refractivity contribution >= 4 is 35.4 Å². The molecule has 0 aliphatic heterocycles. The summed E-state index contributed by atoms with van der Waals surface area (Å²) in [6.07, 6.45) is 4.08. The monoisotopic (exact) mass is 797 g/mol. The Kier molecular flexibility index (Phi) is 11.8. The molecule has 0 saturated heterocycles. The van der Waals surface area contributed by atoms with E-state index in [1.54, 1.807) is 13.8 Å². The first-order chi connectivity index (χ1) is 26.8. The van der Waals surface area contributed by atoms with Crippen LogP contribution in [0.25, 0.3) is 0 Å². The lowest BCUT2D eigenvalue weighted by Crippen LogP contribution is -2.68. The Balaban J connectivity index is 1.24. The van der Waals surface area contributed by atoms with Gasteiger partial charge in [0.15, 0.2) is 11.6 Å². The summed E-state index contributed by atoms with van der Waals surface area (Å²) in [5.41, 5.74) is -2.42. The van der Waals surface area contributed by atoms with Crippen molar-refractivity contribution in [2.75, 3.05) is 27.4 Å². The summed E-state index contributed by atoms with van der Waals surface area (Å²) in [7, 11) is 2.56. The van der Waals surface area contributed by atoms with Crippen molar-refractivity contribution in [3.63, 3.8) is 0 Å². The van der Waals surface area contributed by atoms with Crippen molar-refractivity contribution in [2.45, 2.75) is 118 Å². The number of Topliss-reactive ketones (excluding diaryl/α,β-unsaturated/α-hetero) is 2. The maximum atomic E-state index is 14.5. The SMILES string of the molecule is COC(=O)[C@@]1(C)[C@@H](OC(=O)/C=C2\CC[C@H]3[C@@H]([C@@H](O)C(=O)[C@@H]4[C@]3(C)CCC[C@]4(C)C(=O)OC)[C@H]2C)CC[C@@]2(C)[C@H]1C(=O)[C@H](O)[C@H]1[C@@H](C)/C(=C/C(=O)NCCO)CC[C@@H]12. The van der Waals surface area contributed by atoms with E-state index in [0.29, 0.717) is 38.5 Å². The van der Waals surface area contributed by atoms with Crippen molar-refractivity contribution < 1.29 is 58.3 Å². The van der Waals surface area contributed by atoms with E-state index in [-0.39, 0.29) is 54.9 Å². The minimum atomic E-state index is -1.62. The fraction of sp³-hybridized carbons (Fsp3) is 0.773. The normalized spacial score (nSPS) is 45.5. The predicted octanol–water partition coefficient (Wildman–Crippen LogP) is 3.65. The predicted molar refractivity (Wildman–Crippen MR) is 205 cm³/mol. The molecule has 1 amide bonds. The van der Waals surface area contributed by atoms with Gasteiger partial charge in [-0.3, -0.25) is 24.0 Å². The van der Waals surface area contributed by atoms with E-state index in [1.165, 1.54) is 26.4 Å². The van der Waals surface area contributed by atoms with E-state index in [0.717, 1.165) is 24.0 Å². The van der Waals surface area contributed by atoms with E-state index in [1.807, 2.05) is 20.8 Å². The molecule has 6 fully saturated rings. The molecular formula is C44H63NO12. The van der Waals surface area contributed by atoms with Crippen LogP contribution in [-0.4, -0.2) is 96.4 Å². The molecule has 6 rings (SSSR count). The Bertz CT molecular complexity index is 1740. The van der Waals surface area contributed by atoms with Gasteiger partial charge in [-0.15, -0.1) is 0 Å². The van der Waals surface area contributed by atoms with Gasteiger partial charge >= 0.3 is 17.9 Å². The second-order valence-electron chi connectivity index (χ2n) is 19.0. The Morgan fingerprint density at radius 2 is 1.28 bits per heavy atom. The lowest BCUT2D eigenvalue weighted by Gasteiger charge is -2.62. The number of hydrogen-bond donors (Lipinski definition) is 4. The van der Waals surface area contributed by atoms with Crippen molar-refractivity contribution in [3.05, 3.63) is 23.3 Å². The first kappa shape index (κ1) is 43.2. The molecule has 6 aliphatic rings. The minimum Gasteiger partial charge on any atom is -0.469 e. The smallest absolute Gasteiger partial charge is 0.331 e. The van der Waals surface area contributed by atoms with E-state index in [2.05, 4.69) is 12.2 Å². The molecule has 13 nitrogen and oxygen atoms in total. The minimum absolute atomic E-state index is 0.0775. The zero-order chi connectivity index (χ0) is 42.0. The van der Waals surface area contributed by atoms with Crippen molar-refractivity contribution in [3.8, 4) is 0 Å². The molecule has 0 aromatic rings. The number of ether oxygens (including phenoxy) is 3. The Morgan fingerprint density at radius 3 is 1.82 bits per heavy atom. The topological polar surface area (TPSA) is 203 Å². The number of aliphatic hydroxyl groups excluding tert-OH is 3. The van der Waals surface area contributed by atoms with Crippen LogP contribution in [0, 0.1) is 69.0 Å². The molecule has 0 unspecified atom stereocenters. The second kappa shape index (κ2) is 15.6. The molecule has 0 radical (unpaired) electrons. The number of carbonyl (C=O) groups is 6. The number of ketones is 2. The van der Waals surface area contributed by atoms with Crippen LogP contribution in [0.1, 0.15) is 99.3 Å². The van der Waals surface area contributed by atoms with Gasteiger partial charge in [-0.1, -0.05) is 45.3 Å². The molecule has 13 heteroatoms. The number of methoxy groups -OCH3 is 2. The molecular weight excluding hydrogens is 734 g/mol. The lowest BCUT2D eigenvalue weighted by molar-refractivity contribution is -0.214. The molecule has 6 aliphatic carbocycles. The number of nitrogens with one attached hydrogen (secondary N) is 1. The third-order valence-electron chi connectivity index (χ3n) is 16.5. The standard InChI is InChI=1S/C44H63NO12/c1-22-24(20-29(47)45-18-19-46)10-12-27-31(22)34(50)36(52)38-42(27,4)17-14-28(44(38,6)40(54)56-8)57-30(48)21-25-11-13-26-32(23(25)2)33(49)35(51)37-41(26,3)15-9-16-43(37,5)39(53)55-7/h20-23,26-28,31-34,37-38,46,49-50H,9-19H2,1-8H3,(H,45,47)/b24-20+,25-21+/t22-,23-,26-,27-,28-,31-,32-,33+,34+,37+,38+,41+,42+,43-,44-/m0/s1. The van der Waals surface area contributed by atoms with E-state index in [4.69, 9.17) is 19.3 Å². The van der Waals surface area contributed by atoms with E-state index >= 15 is 0 Å². The van der Waals surface area contributed by atoms with Crippen LogP contribution in [-0.2, 0) is 43.0 Å². The number of hydrogen-bond acceptors (Lipinski definition) is 12. The molecule has 0 bridgehead atoms. The summed E-state index contributed by atoms with van der Waals surface area (Å²) in [5, 5.41) is 35.1. The molecule has 6 saturated carbocycles. The second-order valence-corrected chi connectivity index (χ2v) is 19.0. The third-order valence-corrected chi connectivity index (χ3v) is 16.5. The van der Waals surface area contributed by atoms with Crippen LogP contribution in [0.3, 0.4) is 0 Å². The van der Waals surface area contributed by atoms with Crippen LogP contribution >= 0.6 is 0 Å². The number of allylic oxidation sites excluding steroid dienone is 2. The molecule has 0 aromatic heterocycles. The van der Waals surface area contributed by atoms with Gasteiger partial charge < -0.3 is 34.8 Å². The molecule has 0 spiro atoms. The molecule has 0 aromatic carbocycles. The van der Waals surface area contributed by atoms with Crippen LogP contribution in [0.2, 0.25) is 0 Å². The molecule has 15 atom stereocenters. The maximum absolute atomic E-state index is 14.5. The maximum Gasteiger partial charge on any atom is 0.331 e. The number of esters is 3. The highest BCUT2D eigenvalue weighted by molar-refractivity contribution is 5.95. The Hall–Kier alpha value is -3.42. The van der Waals surface area contributed by atoms with Crippen molar-refractivity contribution in [1.29, 1.82) is 0 Å². The number of rotatable bonds is 7. The Labute approximate surface area is 335 Å². The van der Waals surface area contributed by atoms with Crippen LogP contribution in [0.5, 0.6) is 0 Å². The zero-order valence-electron chi connectivity index (χ0n) is 34.8. The van der Waals surface area contributed by atoms with Crippen molar-refractivity contribution in [2.24, 2.45) is 69.0 Å². The first-order valence-corrected chi connectivity index (χ1v) is 20.9. The first-order valence-electron chi connectivity index (χ1n) is 20.9. The van der Waals surface area contributed by atoms with Gasteiger partial charge in [-0.05, 0) is 99.7 Å². The van der Waals surface area contributed by atoms with Crippen molar-refractivity contribution in [1.82, 2.24) is 5.32 Å². The third kappa shape index (κ3) is 6.62. The van der Waals surface area contributed by atoms with Crippen LogP contribution in [0.4, 0.5) is 0 Å². The zero-order valence-corrected chi connectivity index (χ0v) is 34.8. The largest absolute Gasteiger partial charge is 0.469 e. The van der Waals surface area contributed by atoms with Gasteiger partial charge in [0.2, 0.25) is 5.91 Å². The summed E-state index contributed by atoms with van der Waals surface area (Å²) in [5.74, 6) is -6.64. The van der Waals surface area contributed by atoms with Gasteiger partial charge in [-0.25, -0.2) is 4.79 Å². The van der Waals surface area contributed by atoms with Gasteiger partial charge in [0.1, 0.15) is 23.7 Å². The average Bonchev–Trinajstić information content (AvgIpc) is 3.17. The van der Waals surface area contributed by atoms with Gasteiger partial charge in [0.05, 0.1) is 26.2 Å². The summed E-state index contributed by atoms with van der Waals surface area (Å²) in [6.45, 7) is 11.2. The summed E-state index contributed by atoms with van der Waals surface area (Å²) in [6, 6.07) is 0. The fourth-order valence-electron chi connectivity index (χ4n) is 13.8. The lowest BCUT2D eigenvalue weighted by atomic mass is 9.41. The van der Waals surface area contributed by atoms with Gasteiger partial charge in [0, 0.05) is 42.4 Å². The summed E-state index contributed by atoms with van der Waals surface area (Å²) in [4.78, 5) is 82.0. The quantitative estimate of drug-likeness (QED) is 0.166. The fourth-order valence-corrected chi connectivity index (χ4v) is 13.8. The summed E-state index contributed by atoms with van der Waals surface area (Å²) < 4.78 is 16.7. The molecule has 57 heavy (non-hydrogen) atoms. The highest BCUT2D eigenvalue weighted by Crippen LogP contribution is 2.66. The van der Waals surface area contributed by atoms with Gasteiger partial charge in [-0.2, -0.15) is 0 Å². The van der Waals surface area contributed by atoms with Gasteiger partial charge in [0.25, 0.3) is 0 Å². The molecule has 0 heterocycles. The molecule has 316 valence electrons. The number of carbonyl (C=O) groups excluding carboxylic acids is 6.